The quantitative estimate of drug-likeness (QED) is 0.579. The lowest BCUT2D eigenvalue weighted by Gasteiger charge is -2.15. The van der Waals surface area contributed by atoms with Gasteiger partial charge in [-0.1, -0.05) is 0 Å². The van der Waals surface area contributed by atoms with E-state index < -0.39 is 0 Å². The number of carbonyl (C=O) groups excluding carboxylic acids is 2. The zero-order valence-corrected chi connectivity index (χ0v) is 16.0. The van der Waals surface area contributed by atoms with Crippen LogP contribution in [0.4, 0.5) is 5.69 Å². The van der Waals surface area contributed by atoms with Gasteiger partial charge in [-0.25, -0.2) is 0 Å². The third kappa shape index (κ3) is 3.50. The number of benzene rings is 1. The van der Waals surface area contributed by atoms with Crippen LogP contribution in [0.5, 0.6) is 0 Å². The summed E-state index contributed by atoms with van der Waals surface area (Å²) in [5, 5.41) is 0. The number of amides is 1. The molecular weight excluding hydrogens is 324 g/mol. The Morgan fingerprint density at radius 2 is 1.85 bits per heavy atom. The topological polar surface area (TPSA) is 42.3 Å². The highest BCUT2D eigenvalue weighted by molar-refractivity contribution is 6.07. The number of aryl methyl sites for hydroxylation is 1. The zero-order valence-electron chi connectivity index (χ0n) is 16.0. The summed E-state index contributed by atoms with van der Waals surface area (Å²) in [7, 11) is 0. The molecule has 0 radical (unpaired) electrons. The molecule has 136 valence electrons. The van der Waals surface area contributed by atoms with Crippen molar-refractivity contribution in [2.45, 2.75) is 46.6 Å². The van der Waals surface area contributed by atoms with Crippen molar-refractivity contribution >= 4 is 23.5 Å². The number of ketones is 1. The number of carbonyl (C=O) groups is 2. The van der Waals surface area contributed by atoms with Gasteiger partial charge in [0.1, 0.15) is 0 Å². The number of hydrogen-bond acceptors (Lipinski definition) is 2. The maximum absolute atomic E-state index is 12.5. The molecule has 1 aromatic heterocycles. The molecule has 0 saturated carbocycles. The summed E-state index contributed by atoms with van der Waals surface area (Å²) in [4.78, 5) is 26.1. The van der Waals surface area contributed by atoms with Crippen molar-refractivity contribution in [3.63, 3.8) is 0 Å². The number of nitrogens with zero attached hydrogens (tertiary/aromatic N) is 2. The molecule has 1 fully saturated rings. The first kappa shape index (κ1) is 18.2. The zero-order chi connectivity index (χ0) is 18.8. The number of rotatable bonds is 5. The molecule has 4 heteroatoms. The van der Waals surface area contributed by atoms with Gasteiger partial charge in [0.2, 0.25) is 5.91 Å². The largest absolute Gasteiger partial charge is 0.346 e. The highest BCUT2D eigenvalue weighted by Gasteiger charge is 2.21. The average Bonchev–Trinajstić information content (AvgIpc) is 3.15. The minimum absolute atomic E-state index is 0.0290. The number of anilines is 1. The van der Waals surface area contributed by atoms with E-state index >= 15 is 0 Å². The molecule has 1 aliphatic rings. The van der Waals surface area contributed by atoms with Gasteiger partial charge in [-0.2, -0.15) is 0 Å². The second-order valence-electron chi connectivity index (χ2n) is 7.18. The summed E-state index contributed by atoms with van der Waals surface area (Å²) >= 11 is 0. The Hall–Kier alpha value is -2.62. The molecule has 0 aliphatic carbocycles. The molecule has 1 amide bonds. The highest BCUT2D eigenvalue weighted by atomic mass is 16.2. The second-order valence-corrected chi connectivity index (χ2v) is 7.18. The fourth-order valence-electron chi connectivity index (χ4n) is 3.75. The molecule has 0 atom stereocenters. The van der Waals surface area contributed by atoms with E-state index in [1.165, 1.54) is 11.4 Å². The van der Waals surface area contributed by atoms with E-state index in [0.29, 0.717) is 18.0 Å². The Bertz CT molecular complexity index is 857. The molecule has 2 aromatic rings. The summed E-state index contributed by atoms with van der Waals surface area (Å²) in [5.74, 6) is 0.128. The minimum Gasteiger partial charge on any atom is -0.346 e. The van der Waals surface area contributed by atoms with Crippen molar-refractivity contribution in [1.82, 2.24) is 4.57 Å². The summed E-state index contributed by atoms with van der Waals surface area (Å²) in [5.41, 5.74) is 4.94. The smallest absolute Gasteiger partial charge is 0.227 e. The van der Waals surface area contributed by atoms with Crippen LogP contribution in [0.2, 0.25) is 0 Å². The predicted molar refractivity (Wildman–Crippen MR) is 106 cm³/mol. The van der Waals surface area contributed by atoms with Crippen LogP contribution < -0.4 is 4.90 Å². The maximum Gasteiger partial charge on any atom is 0.227 e. The van der Waals surface area contributed by atoms with E-state index in [9.17, 15) is 9.59 Å². The van der Waals surface area contributed by atoms with Gasteiger partial charge >= 0.3 is 0 Å². The van der Waals surface area contributed by atoms with Gasteiger partial charge in [0.25, 0.3) is 0 Å². The van der Waals surface area contributed by atoms with Gasteiger partial charge in [0.15, 0.2) is 5.78 Å². The van der Waals surface area contributed by atoms with Gasteiger partial charge in [0, 0.05) is 41.6 Å². The van der Waals surface area contributed by atoms with E-state index in [-0.39, 0.29) is 11.7 Å². The van der Waals surface area contributed by atoms with Crippen molar-refractivity contribution in [1.29, 1.82) is 0 Å². The molecule has 0 N–H and O–H groups in total. The normalized spacial score (nSPS) is 14.8. The van der Waals surface area contributed by atoms with Crippen LogP contribution in [0.25, 0.3) is 6.08 Å². The van der Waals surface area contributed by atoms with E-state index in [2.05, 4.69) is 38.3 Å². The third-order valence-corrected chi connectivity index (χ3v) is 4.99. The van der Waals surface area contributed by atoms with Gasteiger partial charge in [-0.05, 0) is 82.2 Å². The lowest BCUT2D eigenvalue weighted by Crippen LogP contribution is -2.23. The van der Waals surface area contributed by atoms with Crippen LogP contribution in [-0.4, -0.2) is 22.8 Å². The minimum atomic E-state index is -0.0290. The van der Waals surface area contributed by atoms with Gasteiger partial charge < -0.3 is 9.47 Å². The number of allylic oxidation sites excluding steroid dienone is 1. The Labute approximate surface area is 155 Å². The Balaban J connectivity index is 1.75. The molecule has 0 unspecified atom stereocenters. The SMILES string of the molecule is Cc1cc(/C=C/C(=O)c2ccc(N3CCCC3=O)cc2)c(C)n1C(C)C. The van der Waals surface area contributed by atoms with Crippen LogP contribution >= 0.6 is 0 Å². The summed E-state index contributed by atoms with van der Waals surface area (Å²) in [6.07, 6.45) is 5.03. The van der Waals surface area contributed by atoms with Crippen LogP contribution in [0.1, 0.15) is 60.0 Å². The van der Waals surface area contributed by atoms with Crippen LogP contribution in [0.3, 0.4) is 0 Å². The first-order valence-corrected chi connectivity index (χ1v) is 9.19. The molecule has 0 spiro atoms. The van der Waals surface area contributed by atoms with Crippen LogP contribution in [0.15, 0.2) is 36.4 Å². The summed E-state index contributed by atoms with van der Waals surface area (Å²) < 4.78 is 2.27. The molecule has 1 aromatic carbocycles. The summed E-state index contributed by atoms with van der Waals surface area (Å²) in [6.45, 7) is 9.25. The van der Waals surface area contributed by atoms with Crippen molar-refractivity contribution in [3.8, 4) is 0 Å². The Kier molecular flexibility index (Phi) is 5.12. The molecular formula is C22H26N2O2. The van der Waals surface area contributed by atoms with Gasteiger partial charge in [-0.3, -0.25) is 9.59 Å². The molecule has 26 heavy (non-hydrogen) atoms. The van der Waals surface area contributed by atoms with Crippen molar-refractivity contribution in [2.75, 3.05) is 11.4 Å². The van der Waals surface area contributed by atoms with Crippen molar-refractivity contribution in [3.05, 3.63) is 58.9 Å². The lowest BCUT2D eigenvalue weighted by molar-refractivity contribution is -0.117. The standard InChI is InChI=1S/C22H26N2O2/c1-15(2)24-16(3)14-19(17(24)4)9-12-21(25)18-7-10-20(11-8-18)23-13-5-6-22(23)26/h7-12,14-15H,5-6,13H2,1-4H3/b12-9+. The second kappa shape index (κ2) is 7.32. The predicted octanol–water partition coefficient (Wildman–Crippen LogP) is 4.71. The lowest BCUT2D eigenvalue weighted by atomic mass is 10.1. The van der Waals surface area contributed by atoms with E-state index in [4.69, 9.17) is 0 Å². The first-order chi connectivity index (χ1) is 12.4. The maximum atomic E-state index is 12.5. The van der Waals surface area contributed by atoms with Crippen molar-refractivity contribution in [2.24, 2.45) is 0 Å². The fraction of sp³-hybridized carbons (Fsp3) is 0.364. The Morgan fingerprint density at radius 1 is 1.15 bits per heavy atom. The highest BCUT2D eigenvalue weighted by Crippen LogP contribution is 2.23. The monoisotopic (exact) mass is 350 g/mol. The van der Waals surface area contributed by atoms with Crippen molar-refractivity contribution < 1.29 is 9.59 Å². The Morgan fingerprint density at radius 3 is 2.38 bits per heavy atom. The van der Waals surface area contributed by atoms with Crippen LogP contribution in [-0.2, 0) is 4.79 Å². The fourth-order valence-corrected chi connectivity index (χ4v) is 3.75. The van der Waals surface area contributed by atoms with E-state index in [1.807, 2.05) is 18.2 Å². The third-order valence-electron chi connectivity index (χ3n) is 4.99. The molecule has 1 aliphatic heterocycles. The molecule has 1 saturated heterocycles. The summed E-state index contributed by atoms with van der Waals surface area (Å²) in [6, 6.07) is 9.81. The average molecular weight is 350 g/mol. The van der Waals surface area contributed by atoms with Gasteiger partial charge in [0.05, 0.1) is 0 Å². The molecule has 3 rings (SSSR count). The number of aromatic nitrogens is 1. The number of hydrogen-bond donors (Lipinski definition) is 0. The van der Waals surface area contributed by atoms with Gasteiger partial charge in [-0.15, -0.1) is 0 Å². The van der Waals surface area contributed by atoms with E-state index in [1.54, 1.807) is 23.1 Å². The first-order valence-electron chi connectivity index (χ1n) is 9.19. The molecule has 0 bridgehead atoms. The van der Waals surface area contributed by atoms with E-state index in [0.717, 1.165) is 24.2 Å². The molecule has 4 nitrogen and oxygen atoms in total. The van der Waals surface area contributed by atoms with Crippen LogP contribution in [0, 0.1) is 13.8 Å². The molecule has 2 heterocycles.